The third kappa shape index (κ3) is 7.10. The summed E-state index contributed by atoms with van der Waals surface area (Å²) in [4.78, 5) is 31.2. The number of aryl methyl sites for hydroxylation is 1. The molecule has 0 saturated carbocycles. The van der Waals surface area contributed by atoms with Crippen molar-refractivity contribution in [3.05, 3.63) is 64.7 Å². The number of amides is 1. The Morgan fingerprint density at radius 1 is 0.881 bits per heavy atom. The van der Waals surface area contributed by atoms with E-state index in [-0.39, 0.29) is 23.7 Å². The molecule has 0 spiro atoms. The Balaban J connectivity index is 0.00000198. The number of likely N-dealkylation sites (N-methyl/N-ethyl adjacent to an activating group) is 1. The lowest BCUT2D eigenvalue weighted by molar-refractivity contribution is -0.142. The minimum absolute atomic E-state index is 0.0395. The van der Waals surface area contributed by atoms with Gasteiger partial charge in [0.05, 0.1) is 17.4 Å². The van der Waals surface area contributed by atoms with Crippen molar-refractivity contribution in [2.24, 2.45) is 11.8 Å². The summed E-state index contributed by atoms with van der Waals surface area (Å²) in [6, 6.07) is 12.4. The quantitative estimate of drug-likeness (QED) is 0.439. The van der Waals surface area contributed by atoms with Crippen molar-refractivity contribution in [2.75, 3.05) is 51.2 Å². The first-order valence-corrected chi connectivity index (χ1v) is 15.2. The van der Waals surface area contributed by atoms with Gasteiger partial charge in [-0.25, -0.2) is 0 Å². The van der Waals surface area contributed by atoms with Crippen LogP contribution >= 0.6 is 0 Å². The second kappa shape index (κ2) is 13.5. The molecule has 42 heavy (non-hydrogen) atoms. The first kappa shape index (κ1) is 31.9. The Hall–Kier alpha value is -3.07. The van der Waals surface area contributed by atoms with Crippen molar-refractivity contribution in [1.29, 1.82) is 0 Å². The normalized spacial score (nSPS) is 22.5. The highest BCUT2D eigenvalue weighted by Gasteiger charge is 2.40. The second-order valence-corrected chi connectivity index (χ2v) is 11.8. The Labute approximate surface area is 247 Å². The van der Waals surface area contributed by atoms with E-state index in [0.717, 1.165) is 18.2 Å². The summed E-state index contributed by atoms with van der Waals surface area (Å²) < 4.78 is 40.9. The second-order valence-electron chi connectivity index (χ2n) is 11.8. The Bertz CT molecular complexity index is 1220. The van der Waals surface area contributed by atoms with Crippen LogP contribution in [0.5, 0.6) is 0 Å². The summed E-state index contributed by atoms with van der Waals surface area (Å²) >= 11 is 0. The van der Waals surface area contributed by atoms with Crippen LogP contribution in [0.15, 0.2) is 42.5 Å². The topological polar surface area (TPSA) is 64.1 Å². The van der Waals surface area contributed by atoms with Crippen LogP contribution in [0.25, 0.3) is 0 Å². The fourth-order valence-corrected chi connectivity index (χ4v) is 6.75. The summed E-state index contributed by atoms with van der Waals surface area (Å²) in [5, 5.41) is 9.36. The number of hydrogen-bond donors (Lipinski definition) is 1. The van der Waals surface area contributed by atoms with Crippen LogP contribution in [0.1, 0.15) is 73.6 Å². The van der Waals surface area contributed by atoms with Gasteiger partial charge in [0.2, 0.25) is 5.91 Å². The van der Waals surface area contributed by atoms with Crippen LogP contribution in [0.2, 0.25) is 0 Å². The largest absolute Gasteiger partial charge is 0.481 e. The van der Waals surface area contributed by atoms with Crippen LogP contribution in [-0.4, -0.2) is 73.1 Å². The molecule has 6 nitrogen and oxygen atoms in total. The molecule has 3 heterocycles. The number of carbonyl (C=O) groups excluding carboxylic acids is 1. The van der Waals surface area contributed by atoms with Gasteiger partial charge < -0.3 is 19.8 Å². The number of aliphatic carboxylic acids is 1. The number of piperidine rings is 2. The smallest absolute Gasteiger partial charge is 0.416 e. The average Bonchev–Trinajstić information content (AvgIpc) is 3.39. The number of halogens is 3. The van der Waals surface area contributed by atoms with E-state index in [1.807, 2.05) is 30.7 Å². The fraction of sp³-hybridized carbons (Fsp3) is 0.576. The van der Waals surface area contributed by atoms with Crippen LogP contribution in [0, 0.1) is 18.8 Å². The number of carboxylic acid groups (broad SMARTS) is 1. The van der Waals surface area contributed by atoms with Gasteiger partial charge in [0.15, 0.2) is 0 Å². The highest BCUT2D eigenvalue weighted by molar-refractivity contribution is 5.81. The lowest BCUT2D eigenvalue weighted by Crippen LogP contribution is -2.43. The molecule has 3 saturated heterocycles. The maximum absolute atomic E-state index is 13.7. The molecule has 2 aromatic rings. The van der Waals surface area contributed by atoms with E-state index >= 15 is 0 Å². The SMILES string of the molecule is CC.Cc1ccc([C@@H]2CN(C)CC2C(=O)N2CCC(c3ccc(C(F)(F)F)cc3N3CCC(C(=O)O)CC3)CC2)cc1. The molecule has 5 rings (SSSR count). The van der Waals surface area contributed by atoms with Gasteiger partial charge in [-0.05, 0) is 68.8 Å². The van der Waals surface area contributed by atoms with Crippen molar-refractivity contribution in [3.8, 4) is 0 Å². The van der Waals surface area contributed by atoms with Crippen LogP contribution in [0.4, 0.5) is 18.9 Å². The molecule has 0 radical (unpaired) electrons. The average molecular weight is 588 g/mol. The number of carboxylic acids is 1. The van der Waals surface area contributed by atoms with E-state index in [4.69, 9.17) is 0 Å². The van der Waals surface area contributed by atoms with Gasteiger partial charge in [0, 0.05) is 50.9 Å². The molecule has 3 fully saturated rings. The molecular formula is C33H44F3N3O3. The monoisotopic (exact) mass is 587 g/mol. The highest BCUT2D eigenvalue weighted by Crippen LogP contribution is 2.41. The van der Waals surface area contributed by atoms with E-state index in [1.54, 1.807) is 6.07 Å². The third-order valence-electron chi connectivity index (χ3n) is 9.11. The van der Waals surface area contributed by atoms with E-state index in [0.29, 0.717) is 64.1 Å². The molecule has 0 bridgehead atoms. The number of alkyl halides is 3. The van der Waals surface area contributed by atoms with Crippen LogP contribution in [-0.2, 0) is 15.8 Å². The first-order chi connectivity index (χ1) is 20.0. The maximum Gasteiger partial charge on any atom is 0.416 e. The summed E-state index contributed by atoms with van der Waals surface area (Å²) in [7, 11) is 2.05. The molecule has 1 N–H and O–H groups in total. The number of likely N-dealkylation sites (tertiary alicyclic amines) is 2. The summed E-state index contributed by atoms with van der Waals surface area (Å²) in [6.45, 7) is 9.59. The molecule has 1 amide bonds. The molecule has 3 aliphatic heterocycles. The van der Waals surface area contributed by atoms with Gasteiger partial charge in [0.25, 0.3) is 0 Å². The van der Waals surface area contributed by atoms with Crippen molar-refractivity contribution in [3.63, 3.8) is 0 Å². The molecule has 1 unspecified atom stereocenters. The molecule has 230 valence electrons. The number of anilines is 1. The van der Waals surface area contributed by atoms with E-state index in [1.165, 1.54) is 17.2 Å². The van der Waals surface area contributed by atoms with Gasteiger partial charge in [-0.2, -0.15) is 13.2 Å². The van der Waals surface area contributed by atoms with E-state index in [2.05, 4.69) is 36.1 Å². The molecule has 0 aliphatic carbocycles. The van der Waals surface area contributed by atoms with E-state index < -0.39 is 23.6 Å². The summed E-state index contributed by atoms with van der Waals surface area (Å²) in [6.07, 6.45) is -2.25. The van der Waals surface area contributed by atoms with Crippen molar-refractivity contribution >= 4 is 17.6 Å². The van der Waals surface area contributed by atoms with Crippen LogP contribution in [0.3, 0.4) is 0 Å². The molecule has 2 aromatic carbocycles. The maximum atomic E-state index is 13.7. The zero-order chi connectivity index (χ0) is 30.6. The Kier molecular flexibility index (Phi) is 10.2. The number of nitrogens with zero attached hydrogens (tertiary/aromatic N) is 3. The number of rotatable bonds is 5. The minimum atomic E-state index is -4.45. The van der Waals surface area contributed by atoms with E-state index in [9.17, 15) is 27.9 Å². The Morgan fingerprint density at radius 2 is 1.50 bits per heavy atom. The standard InChI is InChI=1S/C31H38F3N3O3.C2H6/c1-20-3-5-21(6-4-20)26-18-35(2)19-27(26)29(38)37-15-9-22(10-16-37)25-8-7-24(31(32,33)34)17-28(25)36-13-11-23(12-14-36)30(39)40;1-2/h3-8,17,22-23,26-27H,9-16,18-19H2,1-2H3,(H,39,40);1-2H3/t26-,27?;/m0./s1. The molecule has 9 heteroatoms. The number of carbonyl (C=O) groups is 2. The predicted molar refractivity (Wildman–Crippen MR) is 159 cm³/mol. The zero-order valence-electron chi connectivity index (χ0n) is 25.2. The van der Waals surface area contributed by atoms with Crippen molar-refractivity contribution in [1.82, 2.24) is 9.80 Å². The van der Waals surface area contributed by atoms with Gasteiger partial charge in [-0.3, -0.25) is 9.59 Å². The third-order valence-corrected chi connectivity index (χ3v) is 9.11. The van der Waals surface area contributed by atoms with Gasteiger partial charge in [-0.1, -0.05) is 49.7 Å². The lowest BCUT2D eigenvalue weighted by atomic mass is 9.84. The predicted octanol–water partition coefficient (Wildman–Crippen LogP) is 6.39. The molecule has 0 aromatic heterocycles. The molecule has 3 aliphatic rings. The van der Waals surface area contributed by atoms with Gasteiger partial charge in [-0.15, -0.1) is 0 Å². The lowest BCUT2D eigenvalue weighted by Gasteiger charge is -2.38. The molecular weight excluding hydrogens is 543 g/mol. The summed E-state index contributed by atoms with van der Waals surface area (Å²) in [5.41, 5.74) is 3.11. The van der Waals surface area contributed by atoms with Crippen LogP contribution < -0.4 is 4.90 Å². The molecule has 2 atom stereocenters. The fourth-order valence-electron chi connectivity index (χ4n) is 6.75. The first-order valence-electron chi connectivity index (χ1n) is 15.2. The van der Waals surface area contributed by atoms with Crippen molar-refractivity contribution in [2.45, 2.75) is 64.5 Å². The Morgan fingerprint density at radius 3 is 2.07 bits per heavy atom. The summed E-state index contributed by atoms with van der Waals surface area (Å²) in [5.74, 6) is -1.07. The van der Waals surface area contributed by atoms with Gasteiger partial charge >= 0.3 is 12.1 Å². The number of benzene rings is 2. The number of hydrogen-bond acceptors (Lipinski definition) is 4. The zero-order valence-corrected chi connectivity index (χ0v) is 25.2. The highest BCUT2D eigenvalue weighted by atomic mass is 19.4. The van der Waals surface area contributed by atoms with Gasteiger partial charge in [0.1, 0.15) is 0 Å². The van der Waals surface area contributed by atoms with Crippen molar-refractivity contribution < 1.29 is 27.9 Å². The minimum Gasteiger partial charge on any atom is -0.481 e.